The molecule has 0 bridgehead atoms. The number of nitrogens with zero attached hydrogens (tertiary/aromatic N) is 2. The highest BCUT2D eigenvalue weighted by Gasteiger charge is 2.35. The first kappa shape index (κ1) is 23.1. The maximum Gasteiger partial charge on any atom is 0.307 e. The van der Waals surface area contributed by atoms with Gasteiger partial charge in [-0.3, -0.25) is 4.79 Å². The average molecular weight is 561 g/mol. The minimum atomic E-state index is -0.386. The Morgan fingerprint density at radius 1 is 1.28 bits per heavy atom. The summed E-state index contributed by atoms with van der Waals surface area (Å²) in [4.78, 5) is 15.0. The van der Waals surface area contributed by atoms with Crippen molar-refractivity contribution < 1.29 is 9.21 Å². The number of rotatable bonds is 5. The van der Waals surface area contributed by atoms with Gasteiger partial charge in [-0.05, 0) is 90.0 Å². The van der Waals surface area contributed by atoms with Gasteiger partial charge in [0.25, 0.3) is 0 Å². The van der Waals surface area contributed by atoms with Crippen LogP contribution in [-0.2, 0) is 0 Å². The lowest BCUT2D eigenvalue weighted by Crippen LogP contribution is -2.48. The molecule has 4 rings (SSSR count). The molecule has 1 atom stereocenters. The van der Waals surface area contributed by atoms with E-state index in [-0.39, 0.29) is 17.2 Å². The minimum absolute atomic E-state index is 0.142. The molecule has 0 fully saturated rings. The highest BCUT2D eigenvalue weighted by atomic mass is 79.9. The molecule has 0 spiro atoms. The number of hydrazone groups is 1. The molecule has 2 aromatic carbocycles. The summed E-state index contributed by atoms with van der Waals surface area (Å²) >= 11 is 6.91. The molecule has 1 aliphatic rings. The van der Waals surface area contributed by atoms with Crippen LogP contribution in [0.15, 0.2) is 54.9 Å². The number of halogens is 2. The van der Waals surface area contributed by atoms with E-state index in [1.54, 1.807) is 12.3 Å². The van der Waals surface area contributed by atoms with Crippen molar-refractivity contribution in [2.45, 2.75) is 52.0 Å². The van der Waals surface area contributed by atoms with Crippen molar-refractivity contribution in [2.75, 3.05) is 11.4 Å². The third-order valence-electron chi connectivity index (χ3n) is 6.00. The van der Waals surface area contributed by atoms with E-state index in [1.165, 1.54) is 11.3 Å². The Kier molecular flexibility index (Phi) is 6.50. The Bertz CT molecular complexity index is 1200. The second-order valence-corrected chi connectivity index (χ2v) is 10.8. The molecule has 1 aromatic heterocycles. The van der Waals surface area contributed by atoms with Crippen LogP contribution in [0.1, 0.15) is 68.1 Å². The van der Waals surface area contributed by atoms with Crippen LogP contribution < -0.4 is 10.3 Å². The van der Waals surface area contributed by atoms with E-state index in [4.69, 9.17) is 4.42 Å². The van der Waals surface area contributed by atoms with Crippen LogP contribution in [0.25, 0.3) is 11.0 Å². The maximum atomic E-state index is 12.5. The molecule has 1 N–H and O–H groups in total. The second kappa shape index (κ2) is 9.02. The van der Waals surface area contributed by atoms with Crippen molar-refractivity contribution in [1.82, 2.24) is 5.43 Å². The van der Waals surface area contributed by atoms with Crippen molar-refractivity contribution in [3.8, 4) is 0 Å². The van der Waals surface area contributed by atoms with Crippen LogP contribution in [0.5, 0.6) is 0 Å². The van der Waals surface area contributed by atoms with Gasteiger partial charge < -0.3 is 9.32 Å². The van der Waals surface area contributed by atoms with E-state index in [1.807, 2.05) is 12.1 Å². The van der Waals surface area contributed by atoms with Crippen molar-refractivity contribution in [2.24, 2.45) is 5.10 Å². The number of benzene rings is 2. The zero-order valence-electron chi connectivity index (χ0n) is 18.7. The van der Waals surface area contributed by atoms with Crippen LogP contribution >= 0.6 is 31.9 Å². The normalized spacial score (nSPS) is 17.7. The standard InChI is InChI=1S/C25H27Br2N3O2/c1-5-8-30-21-7-6-16(9-19(21)15(2)13-25(30,3)4)14-28-29-24(31)22-11-17-10-18(26)12-20(27)23(17)32-22/h6-7,9-12,14-15H,5,8,13H2,1-4H3,(H,29,31)/b28-14-. The quantitative estimate of drug-likeness (QED) is 0.264. The van der Waals surface area contributed by atoms with E-state index < -0.39 is 0 Å². The third-order valence-corrected chi connectivity index (χ3v) is 7.04. The molecular weight excluding hydrogens is 534 g/mol. The van der Waals surface area contributed by atoms with Gasteiger partial charge in [-0.15, -0.1) is 0 Å². The van der Waals surface area contributed by atoms with Crippen molar-refractivity contribution in [1.29, 1.82) is 0 Å². The third kappa shape index (κ3) is 4.50. The Morgan fingerprint density at radius 2 is 2.06 bits per heavy atom. The Balaban J connectivity index is 1.51. The smallest absolute Gasteiger partial charge is 0.307 e. The molecule has 0 radical (unpaired) electrons. The summed E-state index contributed by atoms with van der Waals surface area (Å²) in [6.45, 7) is 10.2. The predicted octanol–water partition coefficient (Wildman–Crippen LogP) is 7.22. The zero-order chi connectivity index (χ0) is 23.0. The summed E-state index contributed by atoms with van der Waals surface area (Å²) in [5.74, 6) is 0.291. The molecule has 7 heteroatoms. The predicted molar refractivity (Wildman–Crippen MR) is 138 cm³/mol. The summed E-state index contributed by atoms with van der Waals surface area (Å²) in [7, 11) is 0. The summed E-state index contributed by atoms with van der Waals surface area (Å²) in [6, 6.07) is 11.9. The van der Waals surface area contributed by atoms with Gasteiger partial charge in [-0.25, -0.2) is 5.43 Å². The van der Waals surface area contributed by atoms with Crippen molar-refractivity contribution in [3.63, 3.8) is 0 Å². The molecule has 1 aliphatic heterocycles. The topological polar surface area (TPSA) is 57.8 Å². The Labute approximate surface area is 205 Å². The number of nitrogens with one attached hydrogen (secondary N) is 1. The lowest BCUT2D eigenvalue weighted by molar-refractivity contribution is 0.0929. The largest absolute Gasteiger partial charge is 0.450 e. The van der Waals surface area contributed by atoms with Gasteiger partial charge in [0.05, 0.1) is 10.7 Å². The van der Waals surface area contributed by atoms with Gasteiger partial charge in [0.2, 0.25) is 0 Å². The van der Waals surface area contributed by atoms with Gasteiger partial charge >= 0.3 is 5.91 Å². The molecule has 32 heavy (non-hydrogen) atoms. The number of furan rings is 1. The van der Waals surface area contributed by atoms with E-state index in [2.05, 4.69) is 93.2 Å². The van der Waals surface area contributed by atoms with Crippen LogP contribution in [-0.4, -0.2) is 24.2 Å². The van der Waals surface area contributed by atoms with Crippen LogP contribution in [0, 0.1) is 0 Å². The van der Waals surface area contributed by atoms with Gasteiger partial charge in [0.15, 0.2) is 5.76 Å². The maximum absolute atomic E-state index is 12.5. The van der Waals surface area contributed by atoms with Crippen LogP contribution in [0.3, 0.4) is 0 Å². The number of carbonyl (C=O) groups excluding carboxylic acids is 1. The Hall–Kier alpha value is -2.12. The summed E-state index contributed by atoms with van der Waals surface area (Å²) in [6.07, 6.45) is 3.90. The number of amides is 1. The van der Waals surface area contributed by atoms with Crippen LogP contribution in [0.4, 0.5) is 5.69 Å². The second-order valence-electron chi connectivity index (χ2n) is 9.00. The first-order valence-corrected chi connectivity index (χ1v) is 12.4. The number of fused-ring (bicyclic) bond motifs is 2. The minimum Gasteiger partial charge on any atom is -0.450 e. The van der Waals surface area contributed by atoms with E-state index in [0.29, 0.717) is 11.5 Å². The first-order valence-electron chi connectivity index (χ1n) is 10.8. The molecule has 2 heterocycles. The summed E-state index contributed by atoms with van der Waals surface area (Å²) in [5.41, 5.74) is 6.94. The number of anilines is 1. The van der Waals surface area contributed by atoms with Crippen molar-refractivity contribution in [3.05, 3.63) is 62.2 Å². The monoisotopic (exact) mass is 559 g/mol. The number of hydrogen-bond donors (Lipinski definition) is 1. The fourth-order valence-corrected chi connectivity index (χ4v) is 5.98. The van der Waals surface area contributed by atoms with Gasteiger partial charge in [-0.1, -0.05) is 35.8 Å². The lowest BCUT2D eigenvalue weighted by Gasteiger charge is -2.47. The summed E-state index contributed by atoms with van der Waals surface area (Å²) in [5, 5.41) is 5.00. The molecule has 0 saturated carbocycles. The van der Waals surface area contributed by atoms with E-state index in [9.17, 15) is 4.79 Å². The molecule has 0 aliphatic carbocycles. The van der Waals surface area contributed by atoms with Gasteiger partial charge in [0.1, 0.15) is 5.58 Å². The average Bonchev–Trinajstić information content (AvgIpc) is 3.15. The Morgan fingerprint density at radius 3 is 2.81 bits per heavy atom. The molecule has 1 unspecified atom stereocenters. The molecule has 5 nitrogen and oxygen atoms in total. The SMILES string of the molecule is CCCN1c2ccc(/C=N\NC(=O)c3cc4cc(Br)cc(Br)c4o3)cc2C(C)CC1(C)C. The van der Waals surface area contributed by atoms with E-state index in [0.717, 1.165) is 39.3 Å². The lowest BCUT2D eigenvalue weighted by atomic mass is 9.79. The zero-order valence-corrected chi connectivity index (χ0v) is 21.9. The fourth-order valence-electron chi connectivity index (χ4n) is 4.64. The molecular formula is C25H27Br2N3O2. The fraction of sp³-hybridized carbons (Fsp3) is 0.360. The number of carbonyl (C=O) groups is 1. The van der Waals surface area contributed by atoms with Gasteiger partial charge in [0, 0.05) is 27.6 Å². The molecule has 1 amide bonds. The summed E-state index contributed by atoms with van der Waals surface area (Å²) < 4.78 is 7.39. The van der Waals surface area contributed by atoms with Crippen molar-refractivity contribution >= 4 is 60.6 Å². The molecule has 3 aromatic rings. The van der Waals surface area contributed by atoms with E-state index >= 15 is 0 Å². The highest BCUT2D eigenvalue weighted by molar-refractivity contribution is 9.11. The number of hydrogen-bond acceptors (Lipinski definition) is 4. The highest BCUT2D eigenvalue weighted by Crippen LogP contribution is 2.43. The first-order chi connectivity index (χ1) is 15.2. The van der Waals surface area contributed by atoms with Gasteiger partial charge in [-0.2, -0.15) is 5.10 Å². The van der Waals surface area contributed by atoms with Crippen LogP contribution in [0.2, 0.25) is 0 Å². The molecule has 0 saturated heterocycles. The molecule has 168 valence electrons.